The van der Waals surface area contributed by atoms with Crippen LogP contribution in [-0.2, 0) is 38.4 Å². The van der Waals surface area contributed by atoms with Crippen LogP contribution in [0.1, 0.15) is 37.0 Å². The lowest BCUT2D eigenvalue weighted by atomic mass is 10.00. The Bertz CT molecular complexity index is 1930. The Morgan fingerprint density at radius 1 is 0.673 bits per heavy atom. The molecule has 256 valence electrons. The first-order valence-electron chi connectivity index (χ1n) is 16.3. The number of rotatable bonds is 15. The van der Waals surface area contributed by atoms with Gasteiger partial charge in [0.1, 0.15) is 23.9 Å². The maximum atomic E-state index is 14.0. The summed E-state index contributed by atoms with van der Waals surface area (Å²) in [5, 5.41) is 29.8. The monoisotopic (exact) mass is 666 g/mol. The highest BCUT2D eigenvalue weighted by Crippen LogP contribution is 2.21. The lowest BCUT2D eigenvalue weighted by Crippen LogP contribution is -2.58. The van der Waals surface area contributed by atoms with E-state index in [1.807, 2.05) is 62.4 Å². The first-order valence-corrected chi connectivity index (χ1v) is 16.3. The highest BCUT2D eigenvalue weighted by molar-refractivity contribution is 5.95. The molecule has 0 bridgehead atoms. The zero-order valence-corrected chi connectivity index (χ0v) is 27.4. The summed E-state index contributed by atoms with van der Waals surface area (Å²) in [7, 11) is 0. The van der Waals surface area contributed by atoms with E-state index in [2.05, 4.69) is 25.9 Å². The highest BCUT2D eigenvalue weighted by Gasteiger charge is 2.32. The molecule has 12 nitrogen and oxygen atoms in total. The first-order chi connectivity index (χ1) is 23.5. The van der Waals surface area contributed by atoms with Gasteiger partial charge in [0.15, 0.2) is 0 Å². The minimum atomic E-state index is -1.30. The van der Waals surface area contributed by atoms with Crippen molar-refractivity contribution in [1.29, 1.82) is 0 Å². The highest BCUT2D eigenvalue weighted by atomic mass is 16.4. The third kappa shape index (κ3) is 8.85. The van der Waals surface area contributed by atoms with Crippen LogP contribution in [-0.4, -0.2) is 68.0 Å². The van der Waals surface area contributed by atoms with Gasteiger partial charge in [-0.1, -0.05) is 62.4 Å². The number of carbonyl (C=O) groups excluding carboxylic acids is 3. The molecule has 0 spiro atoms. The predicted molar refractivity (Wildman–Crippen MR) is 187 cm³/mol. The van der Waals surface area contributed by atoms with Crippen LogP contribution in [0.15, 0.2) is 85.2 Å². The molecule has 49 heavy (non-hydrogen) atoms. The van der Waals surface area contributed by atoms with Gasteiger partial charge in [0.05, 0.1) is 6.04 Å². The van der Waals surface area contributed by atoms with Crippen LogP contribution in [0.5, 0.6) is 5.75 Å². The summed E-state index contributed by atoms with van der Waals surface area (Å²) in [4.78, 5) is 59.8. The van der Waals surface area contributed by atoms with E-state index >= 15 is 0 Å². The fourth-order valence-corrected chi connectivity index (χ4v) is 5.97. The summed E-state index contributed by atoms with van der Waals surface area (Å²) >= 11 is 0. The molecule has 0 aliphatic heterocycles. The maximum Gasteiger partial charge on any atom is 0.326 e. The third-order valence-corrected chi connectivity index (χ3v) is 8.52. The number of carboxylic acids is 1. The van der Waals surface area contributed by atoms with Crippen LogP contribution in [0.4, 0.5) is 0 Å². The number of aromatic nitrogens is 2. The Hall–Kier alpha value is -5.62. The van der Waals surface area contributed by atoms with Gasteiger partial charge >= 0.3 is 5.97 Å². The second-order valence-electron chi connectivity index (χ2n) is 12.8. The van der Waals surface area contributed by atoms with E-state index in [1.54, 1.807) is 24.5 Å². The molecular formula is C37H42N6O6. The number of aromatic hydroxyl groups is 1. The number of H-pyrrole nitrogens is 2. The van der Waals surface area contributed by atoms with Gasteiger partial charge in [-0.15, -0.1) is 0 Å². The number of fused-ring (bicyclic) bond motifs is 2. The van der Waals surface area contributed by atoms with Gasteiger partial charge in [0.2, 0.25) is 17.7 Å². The predicted octanol–water partition coefficient (Wildman–Crippen LogP) is 3.30. The number of nitrogens with one attached hydrogen (secondary N) is 5. The number of phenols is 1. The van der Waals surface area contributed by atoms with Crippen LogP contribution < -0.4 is 21.7 Å². The van der Waals surface area contributed by atoms with E-state index in [9.17, 15) is 29.4 Å². The number of phenolic OH excluding ortho intramolecular Hbond substituents is 1. The summed E-state index contributed by atoms with van der Waals surface area (Å²) in [6, 6.07) is 16.7. The largest absolute Gasteiger partial charge is 0.508 e. The SMILES string of the molecule is CC(C)CC(N)C(=O)NC(Cc1ccc(O)cc1)C(=O)NC(Cc1c[nH]c2ccccc12)C(=O)NC(Cc1c[nH]c2ccccc12)C(=O)O. The Balaban J connectivity index is 1.42. The first kappa shape index (κ1) is 34.7. The van der Waals surface area contributed by atoms with E-state index in [0.29, 0.717) is 12.0 Å². The fraction of sp³-hybridized carbons (Fsp3) is 0.297. The van der Waals surface area contributed by atoms with Crippen LogP contribution in [0, 0.1) is 5.92 Å². The van der Waals surface area contributed by atoms with Crippen molar-refractivity contribution in [1.82, 2.24) is 25.9 Å². The standard InChI is InChI=1S/C37H42N6O6/c1-21(2)15-28(38)34(45)41-31(16-22-11-13-25(44)14-12-22)35(46)42-32(17-23-19-39-29-9-5-3-7-26(23)29)36(47)43-33(37(48)49)18-24-20-40-30-10-6-4-8-27(24)30/h3-14,19-21,28,31-33,39-40,44H,15-18,38H2,1-2H3,(H,41,45)(H,42,46)(H,43,47)(H,48,49). The minimum absolute atomic E-state index is 0.00606. The molecule has 5 aromatic rings. The van der Waals surface area contributed by atoms with E-state index in [0.717, 1.165) is 32.9 Å². The molecule has 0 aliphatic rings. The molecule has 2 heterocycles. The van der Waals surface area contributed by atoms with Crippen molar-refractivity contribution in [2.75, 3.05) is 0 Å². The fourth-order valence-electron chi connectivity index (χ4n) is 5.97. The number of aliphatic carboxylic acids is 1. The molecule has 2 aromatic heterocycles. The topological polar surface area (TPSA) is 202 Å². The molecule has 4 unspecified atom stereocenters. The molecule has 9 N–H and O–H groups in total. The van der Waals surface area contributed by atoms with Crippen LogP contribution in [0.3, 0.4) is 0 Å². The second-order valence-corrected chi connectivity index (χ2v) is 12.8. The van der Waals surface area contributed by atoms with Crippen LogP contribution in [0.25, 0.3) is 21.8 Å². The number of carbonyl (C=O) groups is 4. The van der Waals surface area contributed by atoms with Gasteiger partial charge in [-0.05, 0) is 53.3 Å². The molecule has 3 aromatic carbocycles. The van der Waals surface area contributed by atoms with E-state index in [1.165, 1.54) is 12.1 Å². The number of nitrogens with two attached hydrogens (primary N) is 1. The molecule has 0 saturated heterocycles. The van der Waals surface area contributed by atoms with Gasteiger partial charge in [-0.2, -0.15) is 0 Å². The molecule has 12 heteroatoms. The van der Waals surface area contributed by atoms with Crippen molar-refractivity contribution in [3.8, 4) is 5.75 Å². The summed E-state index contributed by atoms with van der Waals surface area (Å²) in [5.41, 5.74) is 9.92. The molecular weight excluding hydrogens is 624 g/mol. The van der Waals surface area contributed by atoms with Gasteiger partial charge in [-0.25, -0.2) is 4.79 Å². The lowest BCUT2D eigenvalue weighted by Gasteiger charge is -2.26. The van der Waals surface area contributed by atoms with Crippen molar-refractivity contribution in [3.05, 3.63) is 102 Å². The van der Waals surface area contributed by atoms with Gasteiger partial charge in [-0.3, -0.25) is 14.4 Å². The Morgan fingerprint density at radius 3 is 1.67 bits per heavy atom. The minimum Gasteiger partial charge on any atom is -0.508 e. The number of hydrogen-bond donors (Lipinski definition) is 8. The zero-order chi connectivity index (χ0) is 35.1. The number of carboxylic acid groups (broad SMARTS) is 1. The summed E-state index contributed by atoms with van der Waals surface area (Å²) in [6.45, 7) is 3.87. The lowest BCUT2D eigenvalue weighted by molar-refractivity contribution is -0.142. The Labute approximate surface area is 283 Å². The molecule has 5 rings (SSSR count). The quantitative estimate of drug-likeness (QED) is 0.0837. The average Bonchev–Trinajstić information content (AvgIpc) is 3.68. The van der Waals surface area contributed by atoms with Crippen molar-refractivity contribution in [2.24, 2.45) is 11.7 Å². The van der Waals surface area contributed by atoms with Gasteiger partial charge < -0.3 is 41.9 Å². The van der Waals surface area contributed by atoms with Crippen LogP contribution >= 0.6 is 0 Å². The Morgan fingerprint density at radius 2 is 1.14 bits per heavy atom. The summed E-state index contributed by atoms with van der Waals surface area (Å²) < 4.78 is 0. The molecule has 3 amide bonds. The molecule has 0 radical (unpaired) electrons. The van der Waals surface area contributed by atoms with Crippen molar-refractivity contribution < 1.29 is 29.4 Å². The van der Waals surface area contributed by atoms with E-state index in [-0.39, 0.29) is 30.9 Å². The van der Waals surface area contributed by atoms with Crippen molar-refractivity contribution in [3.63, 3.8) is 0 Å². The molecule has 0 fully saturated rings. The van der Waals surface area contributed by atoms with Crippen LogP contribution in [0.2, 0.25) is 0 Å². The smallest absolute Gasteiger partial charge is 0.326 e. The maximum absolute atomic E-state index is 14.0. The Kier molecular flexibility index (Phi) is 11.0. The molecule has 4 atom stereocenters. The van der Waals surface area contributed by atoms with Gasteiger partial charge in [0, 0.05) is 53.5 Å². The van der Waals surface area contributed by atoms with E-state index in [4.69, 9.17) is 5.73 Å². The number of aromatic amines is 2. The summed E-state index contributed by atoms with van der Waals surface area (Å²) in [5.74, 6) is -2.91. The number of amides is 3. The zero-order valence-electron chi connectivity index (χ0n) is 27.4. The van der Waals surface area contributed by atoms with Gasteiger partial charge in [0.25, 0.3) is 0 Å². The third-order valence-electron chi connectivity index (χ3n) is 8.52. The number of para-hydroxylation sites is 2. The van der Waals surface area contributed by atoms with E-state index < -0.39 is 47.9 Å². The second kappa shape index (κ2) is 15.5. The number of benzene rings is 3. The number of hydrogen-bond acceptors (Lipinski definition) is 6. The molecule has 0 aliphatic carbocycles. The normalized spacial score (nSPS) is 13.9. The summed E-state index contributed by atoms with van der Waals surface area (Å²) in [6.07, 6.45) is 3.96. The van der Waals surface area contributed by atoms with Crippen molar-refractivity contribution >= 4 is 45.5 Å². The average molecular weight is 667 g/mol. The van der Waals surface area contributed by atoms with Crippen molar-refractivity contribution in [2.45, 2.75) is 63.7 Å². The molecule has 0 saturated carbocycles.